The van der Waals surface area contributed by atoms with Crippen molar-refractivity contribution < 1.29 is 19.1 Å². The lowest BCUT2D eigenvalue weighted by Gasteiger charge is -2.29. The van der Waals surface area contributed by atoms with Gasteiger partial charge in [0.05, 0.1) is 5.69 Å². The molecule has 0 aliphatic heterocycles. The first kappa shape index (κ1) is 19.7. The molecule has 0 spiro atoms. The van der Waals surface area contributed by atoms with Gasteiger partial charge in [-0.2, -0.15) is 4.90 Å². The molecule has 25 heavy (non-hydrogen) atoms. The van der Waals surface area contributed by atoms with Crippen LogP contribution in [0.25, 0.3) is 0 Å². The highest BCUT2D eigenvalue weighted by Gasteiger charge is 2.35. The quantitative estimate of drug-likeness (QED) is 0.606. The van der Waals surface area contributed by atoms with E-state index in [9.17, 15) is 9.59 Å². The second kappa shape index (κ2) is 6.94. The van der Waals surface area contributed by atoms with Crippen molar-refractivity contribution in [2.75, 3.05) is 4.90 Å². The van der Waals surface area contributed by atoms with Crippen LogP contribution in [0.4, 0.5) is 15.3 Å². The number of carbonyl (C=O) groups is 2. The normalized spacial score (nSPS) is 14.0. The molecule has 138 valence electrons. The first-order chi connectivity index (χ1) is 11.4. The molecule has 0 unspecified atom stereocenters. The molecule has 1 aliphatic carbocycles. The number of halogens is 1. The standard InChI is InChI=1S/C18H25BrN2O4/c1-17(2,3)24-15(22)21(16(23)25-18(4,5)6)13-10-11-8-7-9-12(11)20-14(13)19/h10H,7-9H2,1-6H3. The summed E-state index contributed by atoms with van der Waals surface area (Å²) in [6, 6.07) is 1.81. The maximum atomic E-state index is 12.7. The number of aromatic nitrogens is 1. The Morgan fingerprint density at radius 3 is 2.04 bits per heavy atom. The zero-order chi connectivity index (χ0) is 19.0. The summed E-state index contributed by atoms with van der Waals surface area (Å²) < 4.78 is 11.2. The molecule has 7 heteroatoms. The van der Waals surface area contributed by atoms with Crippen molar-refractivity contribution >= 4 is 33.8 Å². The van der Waals surface area contributed by atoms with Gasteiger partial charge in [-0.25, -0.2) is 14.6 Å². The van der Waals surface area contributed by atoms with E-state index in [1.165, 1.54) is 0 Å². The SMILES string of the molecule is CC(C)(C)OC(=O)N(C(=O)OC(C)(C)C)c1cc2c(nc1Br)CCC2. The van der Waals surface area contributed by atoms with Gasteiger partial charge in [0.1, 0.15) is 15.8 Å². The number of rotatable bonds is 1. The molecule has 1 aromatic rings. The van der Waals surface area contributed by atoms with E-state index in [1.54, 1.807) is 41.5 Å². The van der Waals surface area contributed by atoms with Crippen LogP contribution < -0.4 is 4.90 Å². The summed E-state index contributed by atoms with van der Waals surface area (Å²) in [4.78, 5) is 30.8. The fourth-order valence-corrected chi connectivity index (χ4v) is 2.98. The van der Waals surface area contributed by atoms with Gasteiger partial charge in [-0.3, -0.25) is 0 Å². The molecule has 1 aromatic heterocycles. The van der Waals surface area contributed by atoms with Crippen LogP contribution >= 0.6 is 15.9 Å². The molecule has 0 saturated heterocycles. The van der Waals surface area contributed by atoms with Crippen LogP contribution in [0.3, 0.4) is 0 Å². The highest BCUT2D eigenvalue weighted by molar-refractivity contribution is 9.10. The van der Waals surface area contributed by atoms with Gasteiger partial charge in [0.2, 0.25) is 0 Å². The molecule has 0 fully saturated rings. The number of aryl methyl sites for hydroxylation is 2. The van der Waals surface area contributed by atoms with Crippen LogP contribution in [0.5, 0.6) is 0 Å². The van der Waals surface area contributed by atoms with Crippen LogP contribution in [-0.4, -0.2) is 28.4 Å². The maximum absolute atomic E-state index is 12.7. The summed E-state index contributed by atoms with van der Waals surface area (Å²) in [5.41, 5.74) is 0.880. The number of hydrogen-bond acceptors (Lipinski definition) is 5. The van der Waals surface area contributed by atoms with Crippen LogP contribution in [0.15, 0.2) is 10.7 Å². The molecule has 0 saturated carbocycles. The average Bonchev–Trinajstić information content (AvgIpc) is 2.81. The topological polar surface area (TPSA) is 68.7 Å². The minimum atomic E-state index is -0.790. The monoisotopic (exact) mass is 412 g/mol. The molecule has 0 N–H and O–H groups in total. The number of hydrogen-bond donors (Lipinski definition) is 0. The average molecular weight is 413 g/mol. The Kier molecular flexibility index (Phi) is 5.47. The Morgan fingerprint density at radius 2 is 1.56 bits per heavy atom. The number of anilines is 1. The van der Waals surface area contributed by atoms with Crippen molar-refractivity contribution in [1.82, 2.24) is 4.98 Å². The number of amides is 2. The van der Waals surface area contributed by atoms with Crippen molar-refractivity contribution in [2.45, 2.75) is 72.0 Å². The van der Waals surface area contributed by atoms with Gasteiger partial charge < -0.3 is 9.47 Å². The van der Waals surface area contributed by atoms with Gasteiger partial charge in [0.25, 0.3) is 0 Å². The number of imide groups is 1. The number of pyridine rings is 1. The summed E-state index contributed by atoms with van der Waals surface area (Å²) in [7, 11) is 0. The Morgan fingerprint density at radius 1 is 1.04 bits per heavy atom. The van der Waals surface area contributed by atoms with Crippen LogP contribution in [0.2, 0.25) is 0 Å². The smallest absolute Gasteiger partial charge is 0.424 e. The fraction of sp³-hybridized carbons (Fsp3) is 0.611. The van der Waals surface area contributed by atoms with Crippen molar-refractivity contribution in [1.29, 1.82) is 0 Å². The summed E-state index contributed by atoms with van der Waals surface area (Å²) in [6.45, 7) is 10.5. The molecule has 1 aliphatic rings. The van der Waals surface area contributed by atoms with Crippen LogP contribution in [0, 0.1) is 0 Å². The fourth-order valence-electron chi connectivity index (χ4n) is 2.48. The van der Waals surface area contributed by atoms with Gasteiger partial charge in [0, 0.05) is 5.69 Å². The molecule has 1 heterocycles. The zero-order valence-electron chi connectivity index (χ0n) is 15.6. The van der Waals surface area contributed by atoms with Gasteiger partial charge in [-0.1, -0.05) is 0 Å². The van der Waals surface area contributed by atoms with Gasteiger partial charge in [0.15, 0.2) is 0 Å². The second-order valence-corrected chi connectivity index (χ2v) is 8.80. The molecule has 2 amide bonds. The number of nitrogens with zero attached hydrogens (tertiary/aromatic N) is 2. The molecule has 0 radical (unpaired) electrons. The van der Waals surface area contributed by atoms with Crippen molar-refractivity contribution in [3.8, 4) is 0 Å². The zero-order valence-corrected chi connectivity index (χ0v) is 17.2. The van der Waals surface area contributed by atoms with Crippen molar-refractivity contribution in [3.05, 3.63) is 21.9 Å². The third-order valence-corrected chi connectivity index (χ3v) is 3.96. The summed E-state index contributed by atoms with van der Waals surface area (Å²) >= 11 is 3.38. The Labute approximate surface area is 157 Å². The summed E-state index contributed by atoms with van der Waals surface area (Å²) in [5.74, 6) is 0. The van der Waals surface area contributed by atoms with E-state index in [2.05, 4.69) is 20.9 Å². The highest BCUT2D eigenvalue weighted by atomic mass is 79.9. The lowest BCUT2D eigenvalue weighted by molar-refractivity contribution is 0.0430. The molecule has 0 bridgehead atoms. The van der Waals surface area contributed by atoms with Gasteiger partial charge in [-0.15, -0.1) is 0 Å². The number of ether oxygens (including phenoxy) is 2. The highest BCUT2D eigenvalue weighted by Crippen LogP contribution is 2.33. The lowest BCUT2D eigenvalue weighted by atomic mass is 10.2. The van der Waals surface area contributed by atoms with E-state index in [0.29, 0.717) is 10.3 Å². The minimum Gasteiger partial charge on any atom is -0.443 e. The molecule has 0 aromatic carbocycles. The minimum absolute atomic E-state index is 0.337. The molecule has 0 atom stereocenters. The Hall–Kier alpha value is -1.63. The lowest BCUT2D eigenvalue weighted by Crippen LogP contribution is -2.44. The molecule has 6 nitrogen and oxygen atoms in total. The van der Waals surface area contributed by atoms with Crippen LogP contribution in [-0.2, 0) is 22.3 Å². The predicted octanol–water partition coefficient (Wildman–Crippen LogP) is 5.01. The van der Waals surface area contributed by atoms with E-state index in [0.717, 1.165) is 35.4 Å². The number of carbonyl (C=O) groups excluding carboxylic acids is 2. The molecular weight excluding hydrogens is 388 g/mol. The van der Waals surface area contributed by atoms with E-state index >= 15 is 0 Å². The first-order valence-corrected chi connectivity index (χ1v) is 9.11. The van der Waals surface area contributed by atoms with E-state index < -0.39 is 23.4 Å². The summed E-state index contributed by atoms with van der Waals surface area (Å²) in [5, 5.41) is 0. The summed E-state index contributed by atoms with van der Waals surface area (Å²) in [6.07, 6.45) is 1.20. The number of fused-ring (bicyclic) bond motifs is 1. The van der Waals surface area contributed by atoms with Crippen LogP contribution in [0.1, 0.15) is 59.2 Å². The van der Waals surface area contributed by atoms with E-state index in [1.807, 2.05) is 6.07 Å². The van der Waals surface area contributed by atoms with Gasteiger partial charge >= 0.3 is 12.2 Å². The Bertz CT molecular complexity index is 662. The third-order valence-electron chi connectivity index (χ3n) is 3.38. The third kappa shape index (κ3) is 5.17. The largest absolute Gasteiger partial charge is 0.443 e. The Balaban J connectivity index is 2.44. The van der Waals surface area contributed by atoms with Crippen molar-refractivity contribution in [2.24, 2.45) is 0 Å². The molecule has 2 rings (SSSR count). The van der Waals surface area contributed by atoms with Gasteiger partial charge in [-0.05, 0) is 88.4 Å². The van der Waals surface area contributed by atoms with E-state index in [4.69, 9.17) is 9.47 Å². The second-order valence-electron chi connectivity index (χ2n) is 8.05. The first-order valence-electron chi connectivity index (χ1n) is 8.32. The van der Waals surface area contributed by atoms with Crippen molar-refractivity contribution in [3.63, 3.8) is 0 Å². The maximum Gasteiger partial charge on any atom is 0.424 e. The molecular formula is C18H25BrN2O4. The predicted molar refractivity (Wildman–Crippen MR) is 98.9 cm³/mol. The van der Waals surface area contributed by atoms with E-state index in [-0.39, 0.29) is 0 Å².